The van der Waals surface area contributed by atoms with E-state index in [-0.39, 0.29) is 6.04 Å². The fraction of sp³-hybridized carbons (Fsp3) is 0.308. The van der Waals surface area contributed by atoms with Crippen molar-refractivity contribution in [2.75, 3.05) is 0 Å². The molecule has 19 heavy (non-hydrogen) atoms. The molecule has 0 aliphatic rings. The number of nitrogens with zero attached hydrogens (tertiary/aromatic N) is 1. The van der Waals surface area contributed by atoms with Crippen molar-refractivity contribution in [1.29, 1.82) is 0 Å². The van der Waals surface area contributed by atoms with Crippen LogP contribution in [0.2, 0.25) is 10.0 Å². The van der Waals surface area contributed by atoms with E-state index >= 15 is 0 Å². The number of hydrogen-bond acceptors (Lipinski definition) is 4. The average molecular weight is 316 g/mol. The van der Waals surface area contributed by atoms with Crippen LogP contribution < -0.4 is 11.3 Å². The Bertz CT molecular complexity index is 557. The molecule has 0 spiro atoms. The maximum Gasteiger partial charge on any atom is 0.0944 e. The lowest BCUT2D eigenvalue weighted by Crippen LogP contribution is -2.38. The minimum Gasteiger partial charge on any atom is -0.271 e. The van der Waals surface area contributed by atoms with Crippen LogP contribution in [-0.2, 0) is 12.8 Å². The minimum atomic E-state index is 0.0847. The van der Waals surface area contributed by atoms with Gasteiger partial charge in [-0.1, -0.05) is 23.2 Å². The number of aryl methyl sites for hydroxylation is 1. The smallest absolute Gasteiger partial charge is 0.0944 e. The van der Waals surface area contributed by atoms with E-state index < -0.39 is 0 Å². The molecular weight excluding hydrogens is 301 g/mol. The molecule has 1 atom stereocenters. The van der Waals surface area contributed by atoms with Gasteiger partial charge in [-0.05, 0) is 37.1 Å². The lowest BCUT2D eigenvalue weighted by molar-refractivity contribution is 0.521. The summed E-state index contributed by atoms with van der Waals surface area (Å²) in [6.07, 6.45) is 1.49. The Balaban J connectivity index is 2.08. The van der Waals surface area contributed by atoms with Crippen LogP contribution in [0.25, 0.3) is 0 Å². The second kappa shape index (κ2) is 6.68. The summed E-state index contributed by atoms with van der Waals surface area (Å²) >= 11 is 13.8. The molecule has 0 bridgehead atoms. The number of aromatic nitrogens is 1. The van der Waals surface area contributed by atoms with E-state index in [1.165, 1.54) is 0 Å². The van der Waals surface area contributed by atoms with Crippen LogP contribution in [0, 0.1) is 6.92 Å². The van der Waals surface area contributed by atoms with Crippen molar-refractivity contribution in [3.05, 3.63) is 49.9 Å². The van der Waals surface area contributed by atoms with Crippen molar-refractivity contribution in [1.82, 2.24) is 10.4 Å². The Morgan fingerprint density at radius 1 is 1.37 bits per heavy atom. The first-order chi connectivity index (χ1) is 9.08. The van der Waals surface area contributed by atoms with Gasteiger partial charge < -0.3 is 0 Å². The number of nitrogens with one attached hydrogen (secondary N) is 1. The summed E-state index contributed by atoms with van der Waals surface area (Å²) in [4.78, 5) is 4.44. The number of hydrazine groups is 1. The third-order valence-electron chi connectivity index (χ3n) is 2.80. The molecule has 0 amide bonds. The molecule has 0 aliphatic carbocycles. The SMILES string of the molecule is Cc1csc(CC(Cc2cc(Cl)ccc2Cl)NN)n1. The first-order valence-electron chi connectivity index (χ1n) is 5.89. The highest BCUT2D eigenvalue weighted by molar-refractivity contribution is 7.09. The topological polar surface area (TPSA) is 50.9 Å². The molecule has 0 saturated heterocycles. The summed E-state index contributed by atoms with van der Waals surface area (Å²) < 4.78 is 0. The monoisotopic (exact) mass is 315 g/mol. The fourth-order valence-electron chi connectivity index (χ4n) is 1.86. The highest BCUT2D eigenvalue weighted by Gasteiger charge is 2.13. The summed E-state index contributed by atoms with van der Waals surface area (Å²) in [5, 5.41) is 4.49. The summed E-state index contributed by atoms with van der Waals surface area (Å²) in [7, 11) is 0. The predicted octanol–water partition coefficient (Wildman–Crippen LogP) is 3.38. The zero-order valence-corrected chi connectivity index (χ0v) is 12.8. The maximum atomic E-state index is 6.16. The van der Waals surface area contributed by atoms with Gasteiger partial charge in [0.25, 0.3) is 0 Å². The van der Waals surface area contributed by atoms with Crippen molar-refractivity contribution in [2.45, 2.75) is 25.8 Å². The highest BCUT2D eigenvalue weighted by Crippen LogP contribution is 2.23. The lowest BCUT2D eigenvalue weighted by Gasteiger charge is -2.15. The van der Waals surface area contributed by atoms with E-state index in [1.54, 1.807) is 23.5 Å². The van der Waals surface area contributed by atoms with Crippen LogP contribution in [0.5, 0.6) is 0 Å². The van der Waals surface area contributed by atoms with Gasteiger partial charge in [-0.2, -0.15) is 0 Å². The van der Waals surface area contributed by atoms with Crippen LogP contribution in [0.1, 0.15) is 16.3 Å². The second-order valence-electron chi connectivity index (χ2n) is 4.39. The Hall–Kier alpha value is -0.650. The van der Waals surface area contributed by atoms with Crippen LogP contribution in [-0.4, -0.2) is 11.0 Å². The van der Waals surface area contributed by atoms with Crippen molar-refractivity contribution in [2.24, 2.45) is 5.84 Å². The summed E-state index contributed by atoms with van der Waals surface area (Å²) in [6, 6.07) is 5.55. The quantitative estimate of drug-likeness (QED) is 0.657. The van der Waals surface area contributed by atoms with E-state index in [9.17, 15) is 0 Å². The third kappa shape index (κ3) is 4.16. The summed E-state index contributed by atoms with van der Waals surface area (Å²) in [5.74, 6) is 5.61. The predicted molar refractivity (Wildman–Crippen MR) is 81.8 cm³/mol. The van der Waals surface area contributed by atoms with Crippen LogP contribution in [0.4, 0.5) is 0 Å². The number of hydrogen-bond donors (Lipinski definition) is 2. The first kappa shape index (κ1) is 14.8. The van der Waals surface area contributed by atoms with E-state index in [0.29, 0.717) is 16.5 Å². The highest BCUT2D eigenvalue weighted by atomic mass is 35.5. The van der Waals surface area contributed by atoms with E-state index in [2.05, 4.69) is 10.4 Å². The molecule has 2 rings (SSSR count). The van der Waals surface area contributed by atoms with Gasteiger partial charge in [0.2, 0.25) is 0 Å². The number of benzene rings is 1. The molecule has 1 unspecified atom stereocenters. The van der Waals surface area contributed by atoms with E-state index in [0.717, 1.165) is 22.7 Å². The molecular formula is C13H15Cl2N3S. The molecule has 2 aromatic rings. The van der Waals surface area contributed by atoms with E-state index in [1.807, 2.05) is 18.4 Å². The van der Waals surface area contributed by atoms with Gasteiger partial charge in [-0.25, -0.2) is 4.98 Å². The van der Waals surface area contributed by atoms with Gasteiger partial charge >= 0.3 is 0 Å². The summed E-state index contributed by atoms with van der Waals surface area (Å²) in [5.41, 5.74) is 4.85. The Morgan fingerprint density at radius 2 is 2.16 bits per heavy atom. The van der Waals surface area contributed by atoms with Crippen molar-refractivity contribution < 1.29 is 0 Å². The molecule has 1 heterocycles. The van der Waals surface area contributed by atoms with Crippen molar-refractivity contribution in [3.63, 3.8) is 0 Å². The Kier molecular flexibility index (Phi) is 5.19. The van der Waals surface area contributed by atoms with Crippen molar-refractivity contribution >= 4 is 34.5 Å². The Morgan fingerprint density at radius 3 is 2.79 bits per heavy atom. The number of thiazole rings is 1. The van der Waals surface area contributed by atoms with Gasteiger partial charge in [0.15, 0.2) is 0 Å². The van der Waals surface area contributed by atoms with Gasteiger partial charge in [0.1, 0.15) is 0 Å². The zero-order valence-electron chi connectivity index (χ0n) is 10.5. The van der Waals surface area contributed by atoms with Crippen LogP contribution in [0.15, 0.2) is 23.6 Å². The van der Waals surface area contributed by atoms with Crippen LogP contribution in [0.3, 0.4) is 0 Å². The van der Waals surface area contributed by atoms with Crippen molar-refractivity contribution in [3.8, 4) is 0 Å². The molecule has 6 heteroatoms. The molecule has 0 aliphatic heterocycles. The standard InChI is InChI=1S/C13H15Cl2N3S/c1-8-7-19-13(17-8)6-11(18-16)5-9-4-10(14)2-3-12(9)15/h2-4,7,11,18H,5-6,16H2,1H3. The fourth-order valence-corrected chi connectivity index (χ4v) is 3.11. The molecule has 3 N–H and O–H groups in total. The molecule has 0 radical (unpaired) electrons. The van der Waals surface area contributed by atoms with Crippen LogP contribution >= 0.6 is 34.5 Å². The number of nitrogens with two attached hydrogens (primary N) is 1. The van der Waals surface area contributed by atoms with Gasteiger partial charge in [-0.3, -0.25) is 11.3 Å². The largest absolute Gasteiger partial charge is 0.271 e. The molecule has 102 valence electrons. The minimum absolute atomic E-state index is 0.0847. The maximum absolute atomic E-state index is 6.16. The van der Waals surface area contributed by atoms with Gasteiger partial charge in [0, 0.05) is 33.6 Å². The second-order valence-corrected chi connectivity index (χ2v) is 6.18. The molecule has 1 aromatic heterocycles. The Labute approximate surface area is 126 Å². The third-order valence-corrected chi connectivity index (χ3v) is 4.39. The summed E-state index contributed by atoms with van der Waals surface area (Å²) in [6.45, 7) is 1.98. The van der Waals surface area contributed by atoms with E-state index in [4.69, 9.17) is 29.0 Å². The molecule has 3 nitrogen and oxygen atoms in total. The first-order valence-corrected chi connectivity index (χ1v) is 7.53. The number of rotatable bonds is 5. The number of halogens is 2. The lowest BCUT2D eigenvalue weighted by atomic mass is 10.0. The molecule has 0 fully saturated rings. The van der Waals surface area contributed by atoms with Gasteiger partial charge in [0.05, 0.1) is 5.01 Å². The molecule has 1 aromatic carbocycles. The normalized spacial score (nSPS) is 12.6. The molecule has 0 saturated carbocycles. The average Bonchev–Trinajstić information content (AvgIpc) is 2.78. The zero-order chi connectivity index (χ0) is 13.8. The van der Waals surface area contributed by atoms with Gasteiger partial charge in [-0.15, -0.1) is 11.3 Å².